The van der Waals surface area contributed by atoms with Crippen LogP contribution in [0.3, 0.4) is 0 Å². The second kappa shape index (κ2) is 8.76. The number of nitrogen functional groups attached to an aromatic ring is 1. The number of aromatic nitrogens is 5. The number of nitrogens with one attached hydrogen (secondary N) is 3. The summed E-state index contributed by atoms with van der Waals surface area (Å²) in [5.41, 5.74) is 9.96. The van der Waals surface area contributed by atoms with Crippen LogP contribution in [-0.2, 0) is 17.8 Å². The van der Waals surface area contributed by atoms with Gasteiger partial charge in [0.1, 0.15) is 29.7 Å². The molecule has 2 aliphatic heterocycles. The topological polar surface area (TPSA) is 185 Å². The summed E-state index contributed by atoms with van der Waals surface area (Å²) in [6.45, 7) is 2.64. The normalized spacial score (nSPS) is 17.3. The van der Waals surface area contributed by atoms with Gasteiger partial charge in [-0.05, 0) is 30.0 Å². The molecule has 192 valence electrons. The Morgan fingerprint density at radius 2 is 2.03 bits per heavy atom. The highest BCUT2D eigenvalue weighted by molar-refractivity contribution is 8.24. The average Bonchev–Trinajstić information content (AvgIpc) is 3.01. The molecule has 0 atom stereocenters. The second-order valence-electron chi connectivity index (χ2n) is 8.95. The van der Waals surface area contributed by atoms with Crippen molar-refractivity contribution < 1.29 is 18.6 Å². The lowest BCUT2D eigenvalue weighted by molar-refractivity contribution is -0.121. The van der Waals surface area contributed by atoms with Gasteiger partial charge in [-0.1, -0.05) is 0 Å². The molecule has 13 nitrogen and oxygen atoms in total. The minimum Gasteiger partial charge on any atom is -0.455 e. The molecule has 0 spiro atoms. The molecule has 7 N–H and O–H groups in total. The van der Waals surface area contributed by atoms with E-state index < -0.39 is 10.6 Å². The maximum absolute atomic E-state index is 11.8. The summed E-state index contributed by atoms with van der Waals surface area (Å²) in [4.78, 5) is 25.2. The zero-order chi connectivity index (χ0) is 25.7. The predicted molar refractivity (Wildman–Crippen MR) is 141 cm³/mol. The summed E-state index contributed by atoms with van der Waals surface area (Å²) in [6, 6.07) is 5.66. The first kappa shape index (κ1) is 23.3. The van der Waals surface area contributed by atoms with E-state index in [4.69, 9.17) is 10.5 Å². The van der Waals surface area contributed by atoms with Crippen LogP contribution in [0, 0.1) is 6.92 Å². The van der Waals surface area contributed by atoms with Gasteiger partial charge in [0.25, 0.3) is 0 Å². The van der Waals surface area contributed by atoms with Crippen LogP contribution in [0.15, 0.2) is 30.6 Å². The third-order valence-corrected chi connectivity index (χ3v) is 7.41. The van der Waals surface area contributed by atoms with Gasteiger partial charge in [0.05, 0.1) is 5.69 Å². The molecular weight excluding hydrogens is 498 g/mol. The lowest BCUT2D eigenvalue weighted by Gasteiger charge is -2.28. The Kier molecular flexibility index (Phi) is 5.51. The first-order chi connectivity index (χ1) is 17.8. The number of amides is 1. The van der Waals surface area contributed by atoms with E-state index in [1.807, 2.05) is 25.1 Å². The van der Waals surface area contributed by atoms with Gasteiger partial charge in [-0.25, -0.2) is 15.0 Å². The summed E-state index contributed by atoms with van der Waals surface area (Å²) in [5.74, 6) is 1.49. The zero-order valence-corrected chi connectivity index (χ0v) is 20.7. The maximum Gasteiger partial charge on any atom is 0.241 e. The average molecular weight is 524 g/mol. The van der Waals surface area contributed by atoms with E-state index in [1.54, 1.807) is 17.1 Å². The van der Waals surface area contributed by atoms with Crippen LogP contribution in [0.1, 0.15) is 11.3 Å². The third kappa shape index (κ3) is 4.45. The molecule has 0 saturated carbocycles. The van der Waals surface area contributed by atoms with Gasteiger partial charge < -0.3 is 26.4 Å². The lowest BCUT2D eigenvalue weighted by Crippen LogP contribution is -2.25. The van der Waals surface area contributed by atoms with Crippen LogP contribution in [0.25, 0.3) is 22.0 Å². The largest absolute Gasteiger partial charge is 0.455 e. The van der Waals surface area contributed by atoms with Crippen molar-refractivity contribution in [3.8, 4) is 17.1 Å². The molecule has 0 unspecified atom stereocenters. The van der Waals surface area contributed by atoms with Crippen LogP contribution in [0.4, 0.5) is 23.1 Å². The highest BCUT2D eigenvalue weighted by Gasteiger charge is 2.24. The molecule has 0 aliphatic carbocycles. The number of carbonyl (C=O) groups excluding carboxylic acids is 1. The molecule has 6 rings (SSSR count). The van der Waals surface area contributed by atoms with Crippen molar-refractivity contribution in [3.05, 3.63) is 41.9 Å². The molecule has 14 heteroatoms. The number of fused-ring (bicyclic) bond motifs is 3. The SMILES string of the molecule is Cc1c(-c2cc3cc(Nc4cc5n(n4)CC(=O)NCC5)ncc3c(N)n2)cnc2c1NCS(O)(O)CO2. The van der Waals surface area contributed by atoms with Crippen molar-refractivity contribution in [3.63, 3.8) is 0 Å². The Hall–Kier alpha value is -4.14. The fourth-order valence-corrected chi connectivity index (χ4v) is 5.18. The molecule has 6 heterocycles. The van der Waals surface area contributed by atoms with Crippen LogP contribution in [0.5, 0.6) is 5.88 Å². The molecule has 0 radical (unpaired) electrons. The summed E-state index contributed by atoms with van der Waals surface area (Å²) in [7, 11) is -2.90. The Morgan fingerprint density at radius 1 is 1.16 bits per heavy atom. The van der Waals surface area contributed by atoms with E-state index in [0.29, 0.717) is 53.1 Å². The van der Waals surface area contributed by atoms with E-state index in [2.05, 4.69) is 36.0 Å². The minimum absolute atomic E-state index is 0.0257. The number of pyridine rings is 3. The number of ether oxygens (including phenoxy) is 1. The van der Waals surface area contributed by atoms with Crippen LogP contribution < -0.4 is 26.4 Å². The molecule has 0 aromatic carbocycles. The molecular formula is C23H25N9O4S. The minimum atomic E-state index is -2.90. The number of nitrogens with two attached hydrogens (primary N) is 1. The van der Waals surface area contributed by atoms with Crippen LogP contribution in [-0.4, -0.2) is 58.1 Å². The van der Waals surface area contributed by atoms with Crippen LogP contribution >= 0.6 is 10.6 Å². The van der Waals surface area contributed by atoms with Gasteiger partial charge >= 0.3 is 0 Å². The number of hydrogen-bond donors (Lipinski definition) is 6. The molecule has 0 saturated heterocycles. The molecule has 37 heavy (non-hydrogen) atoms. The number of anilines is 4. The number of hydrogen-bond acceptors (Lipinski definition) is 11. The highest BCUT2D eigenvalue weighted by atomic mass is 32.3. The summed E-state index contributed by atoms with van der Waals surface area (Å²) in [6.07, 6.45) is 3.99. The van der Waals surface area contributed by atoms with E-state index >= 15 is 0 Å². The van der Waals surface area contributed by atoms with Crippen molar-refractivity contribution >= 4 is 50.4 Å². The van der Waals surface area contributed by atoms with E-state index in [9.17, 15) is 13.9 Å². The zero-order valence-electron chi connectivity index (χ0n) is 19.9. The van der Waals surface area contributed by atoms with Gasteiger partial charge in [0.2, 0.25) is 11.8 Å². The Morgan fingerprint density at radius 3 is 2.89 bits per heavy atom. The van der Waals surface area contributed by atoms with Gasteiger partial charge in [-0.2, -0.15) is 5.10 Å². The van der Waals surface area contributed by atoms with Crippen molar-refractivity contribution in [2.24, 2.45) is 0 Å². The second-order valence-corrected chi connectivity index (χ2v) is 11.1. The lowest BCUT2D eigenvalue weighted by atomic mass is 10.0. The maximum atomic E-state index is 11.8. The van der Waals surface area contributed by atoms with E-state index in [-0.39, 0.29) is 24.3 Å². The molecule has 0 fully saturated rings. The fourth-order valence-electron chi connectivity index (χ4n) is 4.42. The molecule has 4 aromatic rings. The Bertz CT molecular complexity index is 1560. The van der Waals surface area contributed by atoms with E-state index in [1.165, 1.54) is 0 Å². The molecule has 4 aromatic heterocycles. The van der Waals surface area contributed by atoms with Gasteiger partial charge in [0.15, 0.2) is 11.8 Å². The van der Waals surface area contributed by atoms with Crippen molar-refractivity contribution in [1.29, 1.82) is 0 Å². The molecule has 2 aliphatic rings. The van der Waals surface area contributed by atoms with Gasteiger partial charge in [0, 0.05) is 48.1 Å². The third-order valence-electron chi connectivity index (χ3n) is 6.31. The quantitative estimate of drug-likeness (QED) is 0.232. The number of carbonyl (C=O) groups is 1. The van der Waals surface area contributed by atoms with Crippen molar-refractivity contribution in [2.75, 3.05) is 34.7 Å². The standard InChI is InChI=1S/C23H25N9O4S/c1-12-15(7-27-23-21(12)28-10-37(34,35)11-36-23)17-4-13-5-18(26-8-16(13)22(24)29-17)30-19-6-14-2-3-25-20(33)9-32(14)31-19/h4-8,28,34-35H,2-3,9-11H2,1H3,(H2,24,29)(H,25,33)(H,26,30,31). The number of rotatable bonds is 3. The first-order valence-electron chi connectivity index (χ1n) is 11.5. The van der Waals surface area contributed by atoms with Crippen LogP contribution in [0.2, 0.25) is 0 Å². The van der Waals surface area contributed by atoms with Gasteiger partial charge in [-0.15, -0.1) is 10.6 Å². The number of nitrogens with zero attached hydrogens (tertiary/aromatic N) is 5. The molecule has 1 amide bonds. The summed E-state index contributed by atoms with van der Waals surface area (Å²) < 4.78 is 27.3. The summed E-state index contributed by atoms with van der Waals surface area (Å²) in [5, 5.41) is 15.1. The highest BCUT2D eigenvalue weighted by Crippen LogP contribution is 2.44. The first-order valence-corrected chi connectivity index (χ1v) is 13.4. The summed E-state index contributed by atoms with van der Waals surface area (Å²) >= 11 is 0. The Balaban J connectivity index is 1.33. The van der Waals surface area contributed by atoms with E-state index in [0.717, 1.165) is 22.2 Å². The monoisotopic (exact) mass is 523 g/mol. The smallest absolute Gasteiger partial charge is 0.241 e. The molecule has 0 bridgehead atoms. The fraction of sp³-hybridized carbons (Fsp3) is 0.261. The van der Waals surface area contributed by atoms with Gasteiger partial charge in [-0.3, -0.25) is 18.6 Å². The predicted octanol–water partition coefficient (Wildman–Crippen LogP) is 2.66. The van der Waals surface area contributed by atoms with Crippen molar-refractivity contribution in [1.82, 2.24) is 30.0 Å². The Labute approximate surface area is 212 Å². The van der Waals surface area contributed by atoms with Crippen molar-refractivity contribution in [2.45, 2.75) is 19.9 Å².